The Morgan fingerprint density at radius 1 is 1.73 bits per heavy atom. The van der Waals surface area contributed by atoms with E-state index in [4.69, 9.17) is 0 Å². The van der Waals surface area contributed by atoms with Crippen molar-refractivity contribution in [1.29, 1.82) is 0 Å². The van der Waals surface area contributed by atoms with Gasteiger partial charge in [-0.15, -0.1) is 0 Å². The summed E-state index contributed by atoms with van der Waals surface area (Å²) in [7, 11) is 3.20. The fourth-order valence-electron chi connectivity index (χ4n) is 0.758. The van der Waals surface area contributed by atoms with Crippen LogP contribution in [0, 0.1) is 0 Å². The molecule has 0 aliphatic heterocycles. The van der Waals surface area contributed by atoms with Crippen molar-refractivity contribution in [1.82, 2.24) is 5.32 Å². The van der Waals surface area contributed by atoms with Gasteiger partial charge in [-0.05, 0) is 0 Å². The van der Waals surface area contributed by atoms with E-state index in [1.54, 1.807) is 7.05 Å². The number of methoxy groups -OCH3 is 1. The number of carbonyl (C=O) groups is 1. The maximum absolute atomic E-state index is 11.0. The SMILES string of the molecule is CNC(CC[Se]C)C(=O)OC. The summed E-state index contributed by atoms with van der Waals surface area (Å²) in [6.07, 6.45) is 0.889. The van der Waals surface area contributed by atoms with E-state index in [1.807, 2.05) is 0 Å². The van der Waals surface area contributed by atoms with E-state index in [9.17, 15) is 4.79 Å². The molecule has 0 radical (unpaired) electrons. The molecule has 1 N–H and O–H groups in total. The molecule has 0 aliphatic rings. The van der Waals surface area contributed by atoms with Gasteiger partial charge in [0.2, 0.25) is 0 Å². The average molecular weight is 224 g/mol. The van der Waals surface area contributed by atoms with Crippen molar-refractivity contribution in [2.45, 2.75) is 23.6 Å². The monoisotopic (exact) mass is 225 g/mol. The predicted octanol–water partition coefficient (Wildman–Crippen LogP) is 0.308. The molecule has 0 fully saturated rings. The molecule has 1 atom stereocenters. The molecule has 0 aliphatic carbocycles. The first-order valence-electron chi connectivity index (χ1n) is 3.50. The molecule has 0 heterocycles. The Bertz CT molecular complexity index is 119. The number of hydrogen-bond acceptors (Lipinski definition) is 3. The van der Waals surface area contributed by atoms with E-state index in [0.717, 1.165) is 11.7 Å². The summed E-state index contributed by atoms with van der Waals surface area (Å²) in [5.74, 6) is 2.01. The molecule has 0 saturated carbocycles. The third-order valence-corrected chi connectivity index (χ3v) is 2.80. The number of likely N-dealkylation sites (N-methyl/N-ethyl adjacent to an activating group) is 1. The molecule has 0 saturated heterocycles. The Balaban J connectivity index is 3.65. The van der Waals surface area contributed by atoms with Gasteiger partial charge in [0.05, 0.1) is 0 Å². The van der Waals surface area contributed by atoms with Crippen molar-refractivity contribution in [2.75, 3.05) is 14.2 Å². The predicted molar refractivity (Wildman–Crippen MR) is 45.9 cm³/mol. The molecule has 0 aromatic heterocycles. The van der Waals surface area contributed by atoms with Gasteiger partial charge in [0, 0.05) is 0 Å². The first-order valence-corrected chi connectivity index (χ1v) is 6.42. The van der Waals surface area contributed by atoms with E-state index in [2.05, 4.69) is 15.9 Å². The summed E-state index contributed by atoms with van der Waals surface area (Å²) in [5.41, 5.74) is 0. The molecule has 66 valence electrons. The van der Waals surface area contributed by atoms with Crippen LogP contribution in [-0.2, 0) is 9.53 Å². The quantitative estimate of drug-likeness (QED) is 0.539. The van der Waals surface area contributed by atoms with Gasteiger partial charge in [-0.2, -0.15) is 0 Å². The van der Waals surface area contributed by atoms with Crippen molar-refractivity contribution in [2.24, 2.45) is 0 Å². The van der Waals surface area contributed by atoms with Crippen LogP contribution in [0.5, 0.6) is 0 Å². The summed E-state index contributed by atoms with van der Waals surface area (Å²) < 4.78 is 4.61. The van der Waals surface area contributed by atoms with Gasteiger partial charge in [-0.25, -0.2) is 0 Å². The molecular weight excluding hydrogens is 209 g/mol. The molecule has 0 bridgehead atoms. The number of carbonyl (C=O) groups excluding carboxylic acids is 1. The maximum atomic E-state index is 11.0. The van der Waals surface area contributed by atoms with Gasteiger partial charge in [0.25, 0.3) is 0 Å². The molecular formula is C7H15NO2Se. The van der Waals surface area contributed by atoms with Crippen LogP contribution >= 0.6 is 0 Å². The normalized spacial score (nSPS) is 12.6. The van der Waals surface area contributed by atoms with Crippen molar-refractivity contribution in [3.05, 3.63) is 0 Å². The second-order valence-corrected chi connectivity index (χ2v) is 4.21. The first kappa shape index (κ1) is 10.9. The van der Waals surface area contributed by atoms with Crippen molar-refractivity contribution in [3.63, 3.8) is 0 Å². The van der Waals surface area contributed by atoms with E-state index in [-0.39, 0.29) is 12.0 Å². The van der Waals surface area contributed by atoms with Gasteiger partial charge in [-0.3, -0.25) is 0 Å². The number of hydrogen-bond donors (Lipinski definition) is 1. The van der Waals surface area contributed by atoms with Crippen LogP contribution in [0.15, 0.2) is 0 Å². The Hall–Kier alpha value is -0.0505. The molecule has 11 heavy (non-hydrogen) atoms. The zero-order chi connectivity index (χ0) is 8.69. The molecule has 0 aromatic rings. The average Bonchev–Trinajstić information content (AvgIpc) is 2.05. The second-order valence-electron chi connectivity index (χ2n) is 2.15. The summed E-state index contributed by atoms with van der Waals surface area (Å²) in [6.45, 7) is 0. The molecule has 4 heteroatoms. The van der Waals surface area contributed by atoms with Gasteiger partial charge >= 0.3 is 73.5 Å². The standard InChI is InChI=1S/C7H15NO2Se/c1-8-6(4-5-11-3)7(9)10-2/h6,8H,4-5H2,1-3H3. The minimum absolute atomic E-state index is 0.109. The van der Waals surface area contributed by atoms with E-state index in [1.165, 1.54) is 7.11 Å². The fourth-order valence-corrected chi connectivity index (χ4v) is 1.75. The fraction of sp³-hybridized carbons (Fsp3) is 0.857. The van der Waals surface area contributed by atoms with E-state index < -0.39 is 0 Å². The van der Waals surface area contributed by atoms with Crippen LogP contribution in [-0.4, -0.2) is 41.1 Å². The van der Waals surface area contributed by atoms with Crippen LogP contribution < -0.4 is 5.32 Å². The summed E-state index contributed by atoms with van der Waals surface area (Å²) in [6, 6.07) is -0.109. The number of rotatable bonds is 5. The first-order chi connectivity index (χ1) is 5.26. The van der Waals surface area contributed by atoms with Crippen LogP contribution in [0.3, 0.4) is 0 Å². The summed E-state index contributed by atoms with van der Waals surface area (Å²) >= 11 is 0.642. The summed E-state index contributed by atoms with van der Waals surface area (Å²) in [4.78, 5) is 11.0. The molecule has 0 spiro atoms. The van der Waals surface area contributed by atoms with E-state index in [0.29, 0.717) is 15.0 Å². The van der Waals surface area contributed by atoms with Crippen molar-refractivity contribution < 1.29 is 9.53 Å². The van der Waals surface area contributed by atoms with Crippen molar-refractivity contribution >= 4 is 20.9 Å². The van der Waals surface area contributed by atoms with Gasteiger partial charge in [0.15, 0.2) is 0 Å². The van der Waals surface area contributed by atoms with Crippen LogP contribution in [0.2, 0.25) is 11.1 Å². The Labute approximate surface area is 74.0 Å². The van der Waals surface area contributed by atoms with Crippen LogP contribution in [0.25, 0.3) is 0 Å². The van der Waals surface area contributed by atoms with Gasteiger partial charge < -0.3 is 0 Å². The minimum atomic E-state index is -0.156. The number of ether oxygens (including phenoxy) is 1. The van der Waals surface area contributed by atoms with Crippen molar-refractivity contribution in [3.8, 4) is 0 Å². The second kappa shape index (κ2) is 6.65. The van der Waals surface area contributed by atoms with Gasteiger partial charge in [0.1, 0.15) is 0 Å². The van der Waals surface area contributed by atoms with E-state index >= 15 is 0 Å². The number of nitrogens with one attached hydrogen (secondary N) is 1. The zero-order valence-electron chi connectivity index (χ0n) is 7.22. The molecule has 0 amide bonds. The third-order valence-electron chi connectivity index (χ3n) is 1.44. The summed E-state index contributed by atoms with van der Waals surface area (Å²) in [5, 5.41) is 4.04. The van der Waals surface area contributed by atoms with Gasteiger partial charge in [-0.1, -0.05) is 0 Å². The molecule has 0 rings (SSSR count). The topological polar surface area (TPSA) is 38.3 Å². The Kier molecular flexibility index (Phi) is 6.62. The third kappa shape index (κ3) is 4.40. The molecule has 3 nitrogen and oxygen atoms in total. The van der Waals surface area contributed by atoms with Crippen LogP contribution in [0.4, 0.5) is 0 Å². The van der Waals surface area contributed by atoms with Crippen LogP contribution in [0.1, 0.15) is 6.42 Å². The molecule has 0 aromatic carbocycles. The number of esters is 1. The molecule has 1 unspecified atom stereocenters. The Morgan fingerprint density at radius 3 is 2.73 bits per heavy atom. The Morgan fingerprint density at radius 2 is 2.36 bits per heavy atom. The zero-order valence-corrected chi connectivity index (χ0v) is 8.93.